The van der Waals surface area contributed by atoms with Crippen LogP contribution in [0.4, 0.5) is 5.69 Å². The molecule has 1 atom stereocenters. The second kappa shape index (κ2) is 8.18. The first-order chi connectivity index (χ1) is 13.0. The van der Waals surface area contributed by atoms with E-state index in [4.69, 9.17) is 11.6 Å². The molecule has 7 nitrogen and oxygen atoms in total. The minimum absolute atomic E-state index is 0.102. The number of ether oxygens (including phenoxy) is 1. The lowest BCUT2D eigenvalue weighted by molar-refractivity contribution is -0.128. The van der Waals surface area contributed by atoms with Gasteiger partial charge < -0.3 is 15.0 Å². The van der Waals surface area contributed by atoms with Gasteiger partial charge in [-0.05, 0) is 30.3 Å². The zero-order valence-electron chi connectivity index (χ0n) is 14.6. The molecular formula is C19H18ClN3O4. The fraction of sp³-hybridized carbons (Fsp3) is 0.263. The summed E-state index contributed by atoms with van der Waals surface area (Å²) >= 11 is 6.11. The average Bonchev–Trinajstić information content (AvgIpc) is 3.04. The summed E-state index contributed by atoms with van der Waals surface area (Å²) in [5.41, 5.74) is 1.34. The molecule has 2 heterocycles. The van der Waals surface area contributed by atoms with E-state index in [0.29, 0.717) is 23.8 Å². The molecule has 1 unspecified atom stereocenters. The quantitative estimate of drug-likeness (QED) is 0.796. The molecule has 1 aromatic heterocycles. The Morgan fingerprint density at radius 3 is 2.85 bits per heavy atom. The number of likely N-dealkylation sites (tertiary alicyclic amines) is 1. The number of anilines is 1. The summed E-state index contributed by atoms with van der Waals surface area (Å²) in [5.74, 6) is -1.45. The van der Waals surface area contributed by atoms with E-state index in [9.17, 15) is 14.4 Å². The van der Waals surface area contributed by atoms with E-state index in [0.717, 1.165) is 5.69 Å². The zero-order chi connectivity index (χ0) is 19.4. The van der Waals surface area contributed by atoms with Crippen LogP contribution in [-0.2, 0) is 20.9 Å². The number of esters is 1. The Bertz CT molecular complexity index is 873. The van der Waals surface area contributed by atoms with Crippen molar-refractivity contribution in [2.45, 2.75) is 13.0 Å². The minimum atomic E-state index is -0.528. The lowest BCUT2D eigenvalue weighted by atomic mass is 10.1. The number of nitrogens with zero attached hydrogens (tertiary/aromatic N) is 2. The third-order valence-electron chi connectivity index (χ3n) is 4.31. The van der Waals surface area contributed by atoms with Crippen LogP contribution in [0, 0.1) is 5.92 Å². The Morgan fingerprint density at radius 1 is 1.33 bits per heavy atom. The second-order valence-electron chi connectivity index (χ2n) is 6.17. The van der Waals surface area contributed by atoms with Gasteiger partial charge in [-0.25, -0.2) is 4.79 Å². The van der Waals surface area contributed by atoms with Crippen LogP contribution in [0.25, 0.3) is 0 Å². The highest BCUT2D eigenvalue weighted by atomic mass is 35.5. The summed E-state index contributed by atoms with van der Waals surface area (Å²) in [7, 11) is 1.27. The molecule has 1 aromatic carbocycles. The Hall–Kier alpha value is -2.93. The second-order valence-corrected chi connectivity index (χ2v) is 6.58. The van der Waals surface area contributed by atoms with Crippen molar-refractivity contribution in [3.63, 3.8) is 0 Å². The van der Waals surface area contributed by atoms with E-state index >= 15 is 0 Å². The van der Waals surface area contributed by atoms with Crippen molar-refractivity contribution in [2.24, 2.45) is 5.92 Å². The molecular weight excluding hydrogens is 370 g/mol. The number of amides is 2. The standard InChI is InChI=1S/C19H18ClN3O4/c1-27-19(26)12-5-6-15(20)16(8-12)22-18(25)13-9-17(24)23(10-13)11-14-4-2-3-7-21-14/h2-8,13H,9-11H2,1H3,(H,22,25). The molecule has 0 aliphatic carbocycles. The van der Waals surface area contributed by atoms with Gasteiger partial charge in [0, 0.05) is 19.2 Å². The first-order valence-corrected chi connectivity index (χ1v) is 8.72. The molecule has 2 aromatic rings. The maximum atomic E-state index is 12.6. The number of carbonyl (C=O) groups excluding carboxylic acids is 3. The number of rotatable bonds is 5. The van der Waals surface area contributed by atoms with Gasteiger partial charge in [0.15, 0.2) is 0 Å². The van der Waals surface area contributed by atoms with Crippen molar-refractivity contribution in [1.82, 2.24) is 9.88 Å². The third-order valence-corrected chi connectivity index (χ3v) is 4.64. The number of hydrogen-bond acceptors (Lipinski definition) is 5. The Labute approximate surface area is 161 Å². The van der Waals surface area contributed by atoms with Crippen LogP contribution >= 0.6 is 11.6 Å². The molecule has 3 rings (SSSR count). The first-order valence-electron chi connectivity index (χ1n) is 8.34. The van der Waals surface area contributed by atoms with Crippen LogP contribution in [0.3, 0.4) is 0 Å². The summed E-state index contributed by atoms with van der Waals surface area (Å²) in [6.45, 7) is 0.664. The molecule has 2 amide bonds. The Balaban J connectivity index is 1.67. The van der Waals surface area contributed by atoms with Crippen LogP contribution in [0.1, 0.15) is 22.5 Å². The van der Waals surface area contributed by atoms with Crippen molar-refractivity contribution < 1.29 is 19.1 Å². The third kappa shape index (κ3) is 4.43. The van der Waals surface area contributed by atoms with Crippen LogP contribution in [0.5, 0.6) is 0 Å². The van der Waals surface area contributed by atoms with Gasteiger partial charge in [-0.15, -0.1) is 0 Å². The maximum absolute atomic E-state index is 12.6. The number of hydrogen-bond donors (Lipinski definition) is 1. The highest BCUT2D eigenvalue weighted by molar-refractivity contribution is 6.33. The summed E-state index contributed by atoms with van der Waals surface area (Å²) in [6, 6.07) is 9.96. The lowest BCUT2D eigenvalue weighted by Crippen LogP contribution is -2.28. The highest BCUT2D eigenvalue weighted by Gasteiger charge is 2.34. The normalized spacial score (nSPS) is 16.3. The molecule has 0 spiro atoms. The van der Waals surface area contributed by atoms with Crippen LogP contribution < -0.4 is 5.32 Å². The predicted octanol–water partition coefficient (Wildman–Crippen LogP) is 2.51. The maximum Gasteiger partial charge on any atom is 0.337 e. The summed E-state index contributed by atoms with van der Waals surface area (Å²) in [6.07, 6.45) is 1.78. The molecule has 1 fully saturated rings. The molecule has 1 N–H and O–H groups in total. The monoisotopic (exact) mass is 387 g/mol. The van der Waals surface area contributed by atoms with Gasteiger partial charge in [-0.3, -0.25) is 14.6 Å². The topological polar surface area (TPSA) is 88.6 Å². The van der Waals surface area contributed by atoms with Gasteiger partial charge in [0.25, 0.3) is 0 Å². The van der Waals surface area contributed by atoms with Gasteiger partial charge in [0.05, 0.1) is 41.5 Å². The molecule has 1 aliphatic rings. The number of benzene rings is 1. The van der Waals surface area contributed by atoms with Crippen molar-refractivity contribution >= 4 is 35.1 Å². The molecule has 1 saturated heterocycles. The molecule has 0 bridgehead atoms. The molecule has 0 radical (unpaired) electrons. The lowest BCUT2D eigenvalue weighted by Gasteiger charge is -2.16. The zero-order valence-corrected chi connectivity index (χ0v) is 15.4. The summed E-state index contributed by atoms with van der Waals surface area (Å²) in [5, 5.41) is 3.00. The van der Waals surface area contributed by atoms with E-state index in [-0.39, 0.29) is 23.8 Å². The fourth-order valence-electron chi connectivity index (χ4n) is 2.89. The molecule has 8 heteroatoms. The molecule has 1 aliphatic heterocycles. The summed E-state index contributed by atoms with van der Waals surface area (Å²) < 4.78 is 4.67. The Kier molecular flexibility index (Phi) is 5.71. The SMILES string of the molecule is COC(=O)c1ccc(Cl)c(NC(=O)C2CC(=O)N(Cc3ccccn3)C2)c1. The fourth-order valence-corrected chi connectivity index (χ4v) is 3.05. The number of pyridine rings is 1. The number of methoxy groups -OCH3 is 1. The van der Waals surface area contributed by atoms with Gasteiger partial charge in [-0.2, -0.15) is 0 Å². The summed E-state index contributed by atoms with van der Waals surface area (Å²) in [4.78, 5) is 42.3. The smallest absolute Gasteiger partial charge is 0.337 e. The van der Waals surface area contributed by atoms with E-state index in [1.165, 1.54) is 25.3 Å². The number of aromatic nitrogens is 1. The van der Waals surface area contributed by atoms with Gasteiger partial charge >= 0.3 is 5.97 Å². The van der Waals surface area contributed by atoms with Crippen LogP contribution in [0.2, 0.25) is 5.02 Å². The largest absolute Gasteiger partial charge is 0.465 e. The average molecular weight is 388 g/mol. The van der Waals surface area contributed by atoms with Crippen LogP contribution in [0.15, 0.2) is 42.6 Å². The number of carbonyl (C=O) groups is 3. The van der Waals surface area contributed by atoms with E-state index in [2.05, 4.69) is 15.0 Å². The van der Waals surface area contributed by atoms with Gasteiger partial charge in [-0.1, -0.05) is 17.7 Å². The van der Waals surface area contributed by atoms with E-state index < -0.39 is 11.9 Å². The molecule has 27 heavy (non-hydrogen) atoms. The number of nitrogens with one attached hydrogen (secondary N) is 1. The van der Waals surface area contributed by atoms with Crippen molar-refractivity contribution in [3.05, 3.63) is 58.9 Å². The molecule has 140 valence electrons. The van der Waals surface area contributed by atoms with E-state index in [1.54, 1.807) is 17.2 Å². The Morgan fingerprint density at radius 2 is 2.15 bits per heavy atom. The van der Waals surface area contributed by atoms with Crippen molar-refractivity contribution in [3.8, 4) is 0 Å². The van der Waals surface area contributed by atoms with E-state index in [1.807, 2.05) is 12.1 Å². The van der Waals surface area contributed by atoms with Crippen LogP contribution in [-0.4, -0.2) is 41.3 Å². The van der Waals surface area contributed by atoms with Gasteiger partial charge in [0.1, 0.15) is 0 Å². The van der Waals surface area contributed by atoms with Crippen molar-refractivity contribution in [1.29, 1.82) is 0 Å². The van der Waals surface area contributed by atoms with Gasteiger partial charge in [0.2, 0.25) is 11.8 Å². The number of halogens is 1. The minimum Gasteiger partial charge on any atom is -0.465 e. The molecule has 0 saturated carbocycles. The first kappa shape index (κ1) is 18.8. The van der Waals surface area contributed by atoms with Crippen molar-refractivity contribution in [2.75, 3.05) is 19.0 Å². The predicted molar refractivity (Wildman–Crippen MR) is 99.2 cm³/mol. The highest BCUT2D eigenvalue weighted by Crippen LogP contribution is 2.26.